The zero-order valence-electron chi connectivity index (χ0n) is 31.8. The standard InChI is InChI=1S/C42H87N/c1-8-11-14-17-20-23-24-25-26-27-28-31-34-37-40-43(41(4,5)38-35-32-29-21-18-15-12-9-2)42(6,7)39-36-33-30-22-19-16-13-10-3/h8-40H2,1-7H3. The van der Waals surface area contributed by atoms with E-state index in [2.05, 4.69) is 53.4 Å². The summed E-state index contributed by atoms with van der Waals surface area (Å²) in [6.45, 7) is 18.6. The van der Waals surface area contributed by atoms with Gasteiger partial charge in [0.2, 0.25) is 0 Å². The highest BCUT2D eigenvalue weighted by atomic mass is 15.2. The van der Waals surface area contributed by atoms with Gasteiger partial charge in [-0.1, -0.05) is 207 Å². The number of nitrogens with zero attached hydrogens (tertiary/aromatic N) is 1. The van der Waals surface area contributed by atoms with Crippen molar-refractivity contribution in [3.63, 3.8) is 0 Å². The predicted molar refractivity (Wildman–Crippen MR) is 200 cm³/mol. The minimum atomic E-state index is 0.308. The molecule has 1 heteroatoms. The first-order valence-electron chi connectivity index (χ1n) is 20.6. The van der Waals surface area contributed by atoms with Crippen molar-refractivity contribution in [2.75, 3.05) is 6.54 Å². The summed E-state index contributed by atoms with van der Waals surface area (Å²) in [5.74, 6) is 0. The first kappa shape index (κ1) is 43.0. The lowest BCUT2D eigenvalue weighted by molar-refractivity contribution is 0.00151. The van der Waals surface area contributed by atoms with E-state index in [1.165, 1.54) is 212 Å². The lowest BCUT2D eigenvalue weighted by Gasteiger charge is -2.49. The van der Waals surface area contributed by atoms with Gasteiger partial charge >= 0.3 is 0 Å². The zero-order valence-corrected chi connectivity index (χ0v) is 31.8. The molecular formula is C42H87N. The van der Waals surface area contributed by atoms with Gasteiger partial charge in [0.05, 0.1) is 0 Å². The predicted octanol–water partition coefficient (Wildman–Crippen LogP) is 15.4. The maximum Gasteiger partial charge on any atom is 0.0158 e. The lowest BCUT2D eigenvalue weighted by atomic mass is 9.85. The summed E-state index contributed by atoms with van der Waals surface area (Å²) < 4.78 is 0. The lowest BCUT2D eigenvalue weighted by Crippen LogP contribution is -2.55. The van der Waals surface area contributed by atoms with Crippen LogP contribution in [-0.2, 0) is 0 Å². The van der Waals surface area contributed by atoms with Crippen LogP contribution in [0.1, 0.15) is 254 Å². The molecule has 0 amide bonds. The molecule has 0 unspecified atom stereocenters. The van der Waals surface area contributed by atoms with Crippen molar-refractivity contribution in [2.45, 2.75) is 265 Å². The van der Waals surface area contributed by atoms with E-state index >= 15 is 0 Å². The Morgan fingerprint density at radius 1 is 0.279 bits per heavy atom. The zero-order chi connectivity index (χ0) is 31.9. The number of rotatable bonds is 35. The molecule has 0 aliphatic carbocycles. The molecule has 0 rings (SSSR count). The van der Waals surface area contributed by atoms with E-state index in [9.17, 15) is 0 Å². The number of unbranched alkanes of at least 4 members (excludes halogenated alkanes) is 27. The molecule has 0 atom stereocenters. The Balaban J connectivity index is 4.49. The average Bonchev–Trinajstić information content (AvgIpc) is 2.97. The van der Waals surface area contributed by atoms with Gasteiger partial charge in [-0.05, 0) is 53.5 Å². The summed E-state index contributed by atoms with van der Waals surface area (Å²) in [7, 11) is 0. The maximum atomic E-state index is 2.98. The summed E-state index contributed by atoms with van der Waals surface area (Å²) >= 11 is 0. The SMILES string of the molecule is CCCCCCCCCCCCCCCCN(C(C)(C)CCCCCCCCCC)C(C)(C)CCCCCCCCCC. The second-order valence-corrected chi connectivity index (χ2v) is 15.8. The van der Waals surface area contributed by atoms with Crippen LogP contribution in [0, 0.1) is 0 Å². The van der Waals surface area contributed by atoms with E-state index in [4.69, 9.17) is 0 Å². The molecule has 260 valence electrons. The second kappa shape index (κ2) is 30.6. The fourth-order valence-electron chi connectivity index (χ4n) is 7.54. The minimum Gasteiger partial charge on any atom is -0.293 e. The van der Waals surface area contributed by atoms with Crippen molar-refractivity contribution >= 4 is 0 Å². The molecule has 0 heterocycles. The number of hydrogen-bond acceptors (Lipinski definition) is 1. The van der Waals surface area contributed by atoms with Crippen LogP contribution >= 0.6 is 0 Å². The molecule has 43 heavy (non-hydrogen) atoms. The Hall–Kier alpha value is -0.0400. The molecule has 0 bridgehead atoms. The van der Waals surface area contributed by atoms with Gasteiger partial charge in [-0.2, -0.15) is 0 Å². The van der Waals surface area contributed by atoms with E-state index < -0.39 is 0 Å². The van der Waals surface area contributed by atoms with Crippen molar-refractivity contribution < 1.29 is 0 Å². The van der Waals surface area contributed by atoms with Crippen LogP contribution in [0.5, 0.6) is 0 Å². The smallest absolute Gasteiger partial charge is 0.0158 e. The molecule has 0 aliphatic heterocycles. The number of hydrogen-bond donors (Lipinski definition) is 0. The topological polar surface area (TPSA) is 3.24 Å². The maximum absolute atomic E-state index is 2.98. The van der Waals surface area contributed by atoms with Crippen molar-refractivity contribution in [1.82, 2.24) is 4.90 Å². The summed E-state index contributed by atoms with van der Waals surface area (Å²) in [4.78, 5) is 2.98. The Kier molecular flexibility index (Phi) is 30.6. The highest BCUT2D eigenvalue weighted by Gasteiger charge is 2.36. The van der Waals surface area contributed by atoms with Gasteiger partial charge in [0, 0.05) is 11.1 Å². The highest BCUT2D eigenvalue weighted by molar-refractivity contribution is 4.92. The Morgan fingerprint density at radius 3 is 0.744 bits per heavy atom. The molecule has 0 N–H and O–H groups in total. The molecule has 0 aromatic carbocycles. The molecule has 0 aromatic heterocycles. The van der Waals surface area contributed by atoms with Gasteiger partial charge in [0.1, 0.15) is 0 Å². The van der Waals surface area contributed by atoms with Crippen LogP contribution in [0.25, 0.3) is 0 Å². The van der Waals surface area contributed by atoms with Crippen LogP contribution in [0.3, 0.4) is 0 Å². The molecule has 0 saturated heterocycles. The Bertz CT molecular complexity index is 503. The van der Waals surface area contributed by atoms with Crippen molar-refractivity contribution in [1.29, 1.82) is 0 Å². The Labute approximate surface area is 275 Å². The molecule has 0 aromatic rings. The van der Waals surface area contributed by atoms with Gasteiger partial charge in [0.25, 0.3) is 0 Å². The van der Waals surface area contributed by atoms with Gasteiger partial charge in [-0.3, -0.25) is 4.90 Å². The third-order valence-corrected chi connectivity index (χ3v) is 10.5. The van der Waals surface area contributed by atoms with E-state index in [1.807, 2.05) is 0 Å². The fraction of sp³-hybridized carbons (Fsp3) is 1.00. The quantitative estimate of drug-likeness (QED) is 0.0649. The molecule has 0 aliphatic rings. The molecule has 0 fully saturated rings. The summed E-state index contributed by atoms with van der Waals surface area (Å²) in [6.07, 6.45) is 45.8. The van der Waals surface area contributed by atoms with Gasteiger partial charge in [-0.15, -0.1) is 0 Å². The summed E-state index contributed by atoms with van der Waals surface area (Å²) in [5.41, 5.74) is 0.616. The Morgan fingerprint density at radius 2 is 0.488 bits per heavy atom. The monoisotopic (exact) mass is 606 g/mol. The second-order valence-electron chi connectivity index (χ2n) is 15.8. The third kappa shape index (κ3) is 26.8. The van der Waals surface area contributed by atoms with Crippen LogP contribution in [0.4, 0.5) is 0 Å². The minimum absolute atomic E-state index is 0.308. The summed E-state index contributed by atoms with van der Waals surface area (Å²) in [5, 5.41) is 0. The van der Waals surface area contributed by atoms with Crippen molar-refractivity contribution in [2.24, 2.45) is 0 Å². The van der Waals surface area contributed by atoms with E-state index in [0.29, 0.717) is 11.1 Å². The van der Waals surface area contributed by atoms with Crippen LogP contribution in [0.15, 0.2) is 0 Å². The van der Waals surface area contributed by atoms with Crippen LogP contribution in [0.2, 0.25) is 0 Å². The van der Waals surface area contributed by atoms with Crippen LogP contribution < -0.4 is 0 Å². The molecular weight excluding hydrogens is 518 g/mol. The molecule has 0 radical (unpaired) electrons. The first-order valence-corrected chi connectivity index (χ1v) is 20.6. The van der Waals surface area contributed by atoms with Gasteiger partial charge < -0.3 is 0 Å². The van der Waals surface area contributed by atoms with Gasteiger partial charge in [0.15, 0.2) is 0 Å². The molecule has 0 saturated carbocycles. The normalized spacial score (nSPS) is 12.6. The van der Waals surface area contributed by atoms with Crippen molar-refractivity contribution in [3.05, 3.63) is 0 Å². The largest absolute Gasteiger partial charge is 0.293 e. The first-order chi connectivity index (χ1) is 20.8. The van der Waals surface area contributed by atoms with Crippen LogP contribution in [-0.4, -0.2) is 22.5 Å². The average molecular weight is 606 g/mol. The summed E-state index contributed by atoms with van der Waals surface area (Å²) in [6, 6.07) is 0. The third-order valence-electron chi connectivity index (χ3n) is 10.5. The van der Waals surface area contributed by atoms with Crippen molar-refractivity contribution in [3.8, 4) is 0 Å². The van der Waals surface area contributed by atoms with E-state index in [0.717, 1.165) is 0 Å². The molecule has 0 spiro atoms. The molecule has 1 nitrogen and oxygen atoms in total. The van der Waals surface area contributed by atoms with Gasteiger partial charge in [-0.25, -0.2) is 0 Å². The van der Waals surface area contributed by atoms with E-state index in [1.54, 1.807) is 0 Å². The fourth-order valence-corrected chi connectivity index (χ4v) is 7.54. The van der Waals surface area contributed by atoms with E-state index in [-0.39, 0.29) is 0 Å². The highest BCUT2D eigenvalue weighted by Crippen LogP contribution is 2.34.